The lowest BCUT2D eigenvalue weighted by Crippen LogP contribution is -2.23. The molecule has 2 rings (SSSR count). The number of hydrogen-bond donors (Lipinski definition) is 1. The average Bonchev–Trinajstić information content (AvgIpc) is 2.84. The number of nitrogens with zero attached hydrogens (tertiary/aromatic N) is 3. The first-order chi connectivity index (χ1) is 7.22. The molecule has 2 atom stereocenters. The fraction of sp³-hybridized carbons (Fsp3) is 0.800. The van der Waals surface area contributed by atoms with Gasteiger partial charge in [-0.05, 0) is 24.9 Å². The first-order valence-electron chi connectivity index (χ1n) is 5.52. The molecule has 2 unspecified atom stereocenters. The van der Waals surface area contributed by atoms with Gasteiger partial charge in [0.25, 0.3) is 5.95 Å². The smallest absolute Gasteiger partial charge is 0.265 e. The molecule has 0 aromatic carbocycles. The van der Waals surface area contributed by atoms with E-state index in [2.05, 4.69) is 17.1 Å². The van der Waals surface area contributed by atoms with Crippen molar-refractivity contribution in [2.45, 2.75) is 38.1 Å². The summed E-state index contributed by atoms with van der Waals surface area (Å²) in [6.45, 7) is 2.92. The van der Waals surface area contributed by atoms with E-state index in [1.54, 1.807) is 0 Å². The second kappa shape index (κ2) is 4.18. The molecule has 5 heteroatoms. The topological polar surface area (TPSA) is 68.2 Å². The minimum absolute atomic E-state index is 0.185. The van der Waals surface area contributed by atoms with E-state index in [9.17, 15) is 0 Å². The molecule has 5 nitrogen and oxygen atoms in total. The van der Waals surface area contributed by atoms with E-state index in [-0.39, 0.29) is 12.0 Å². The molecule has 1 heterocycles. The summed E-state index contributed by atoms with van der Waals surface area (Å²) >= 11 is 0. The first kappa shape index (κ1) is 10.4. The highest BCUT2D eigenvalue weighted by Gasteiger charge is 2.30. The van der Waals surface area contributed by atoms with E-state index in [1.165, 1.54) is 0 Å². The number of rotatable bonds is 3. The van der Waals surface area contributed by atoms with Gasteiger partial charge in [0.2, 0.25) is 5.89 Å². The summed E-state index contributed by atoms with van der Waals surface area (Å²) in [4.78, 5) is 6.33. The van der Waals surface area contributed by atoms with Crippen LogP contribution in [0.1, 0.15) is 38.0 Å². The SMILES string of the molecule is CCN(C)c1noc(C2CCCC2N)n1. The van der Waals surface area contributed by atoms with Crippen molar-refractivity contribution >= 4 is 5.95 Å². The second-order valence-electron chi connectivity index (χ2n) is 4.15. The molecule has 0 spiro atoms. The standard InChI is InChI=1S/C10H18N4O/c1-3-14(2)10-12-9(15-13-10)7-5-4-6-8(7)11/h7-8H,3-6,11H2,1-2H3. The van der Waals surface area contributed by atoms with Crippen LogP contribution in [-0.2, 0) is 0 Å². The van der Waals surface area contributed by atoms with Gasteiger partial charge in [-0.3, -0.25) is 0 Å². The van der Waals surface area contributed by atoms with Gasteiger partial charge in [-0.15, -0.1) is 0 Å². The van der Waals surface area contributed by atoms with Crippen molar-refractivity contribution in [2.24, 2.45) is 5.73 Å². The van der Waals surface area contributed by atoms with E-state index in [0.29, 0.717) is 11.8 Å². The van der Waals surface area contributed by atoms with Crippen molar-refractivity contribution in [1.29, 1.82) is 0 Å². The van der Waals surface area contributed by atoms with Gasteiger partial charge >= 0.3 is 0 Å². The van der Waals surface area contributed by atoms with Crippen LogP contribution in [0.4, 0.5) is 5.95 Å². The lowest BCUT2D eigenvalue weighted by molar-refractivity contribution is 0.344. The van der Waals surface area contributed by atoms with Crippen LogP contribution in [0.5, 0.6) is 0 Å². The minimum atomic E-state index is 0.185. The Bertz CT molecular complexity index is 325. The molecule has 0 radical (unpaired) electrons. The summed E-state index contributed by atoms with van der Waals surface area (Å²) in [5, 5.41) is 3.95. The van der Waals surface area contributed by atoms with Crippen molar-refractivity contribution in [1.82, 2.24) is 10.1 Å². The van der Waals surface area contributed by atoms with Crippen LogP contribution in [-0.4, -0.2) is 29.8 Å². The van der Waals surface area contributed by atoms with Crippen LogP contribution >= 0.6 is 0 Å². The van der Waals surface area contributed by atoms with E-state index in [0.717, 1.165) is 25.8 Å². The Morgan fingerprint density at radius 2 is 2.33 bits per heavy atom. The van der Waals surface area contributed by atoms with Gasteiger partial charge in [-0.25, -0.2) is 0 Å². The van der Waals surface area contributed by atoms with Gasteiger partial charge in [-0.2, -0.15) is 4.98 Å². The third kappa shape index (κ3) is 1.97. The molecule has 0 amide bonds. The third-order valence-corrected chi connectivity index (χ3v) is 3.13. The van der Waals surface area contributed by atoms with Crippen molar-refractivity contribution in [3.8, 4) is 0 Å². The monoisotopic (exact) mass is 210 g/mol. The number of nitrogens with two attached hydrogens (primary N) is 1. The predicted molar refractivity (Wildman–Crippen MR) is 57.8 cm³/mol. The van der Waals surface area contributed by atoms with Crippen LogP contribution in [0.15, 0.2) is 4.52 Å². The summed E-state index contributed by atoms with van der Waals surface area (Å²) in [5.41, 5.74) is 5.99. The molecule has 0 saturated heterocycles. The highest BCUT2D eigenvalue weighted by Crippen LogP contribution is 2.32. The molecule has 2 N–H and O–H groups in total. The van der Waals surface area contributed by atoms with Crippen LogP contribution < -0.4 is 10.6 Å². The minimum Gasteiger partial charge on any atom is -0.342 e. The summed E-state index contributed by atoms with van der Waals surface area (Å²) in [6.07, 6.45) is 3.29. The average molecular weight is 210 g/mol. The van der Waals surface area contributed by atoms with Crippen molar-refractivity contribution in [3.63, 3.8) is 0 Å². The molecule has 1 fully saturated rings. The van der Waals surface area contributed by atoms with E-state index >= 15 is 0 Å². The third-order valence-electron chi connectivity index (χ3n) is 3.13. The van der Waals surface area contributed by atoms with Crippen LogP contribution in [0.25, 0.3) is 0 Å². The fourth-order valence-electron chi connectivity index (χ4n) is 1.97. The predicted octanol–water partition coefficient (Wildman–Crippen LogP) is 1.12. The molecule has 1 aromatic heterocycles. The van der Waals surface area contributed by atoms with Crippen molar-refractivity contribution < 1.29 is 4.52 Å². The van der Waals surface area contributed by atoms with Gasteiger partial charge < -0.3 is 15.2 Å². The van der Waals surface area contributed by atoms with E-state index in [1.807, 2.05) is 11.9 Å². The zero-order valence-electron chi connectivity index (χ0n) is 9.31. The van der Waals surface area contributed by atoms with Gasteiger partial charge in [0.15, 0.2) is 0 Å². The normalized spacial score (nSPS) is 25.8. The summed E-state index contributed by atoms with van der Waals surface area (Å²) in [7, 11) is 1.95. The van der Waals surface area contributed by atoms with Crippen LogP contribution in [0.3, 0.4) is 0 Å². The highest BCUT2D eigenvalue weighted by molar-refractivity contribution is 5.26. The lowest BCUT2D eigenvalue weighted by atomic mass is 10.1. The highest BCUT2D eigenvalue weighted by atomic mass is 16.5. The summed E-state index contributed by atoms with van der Waals surface area (Å²) in [6, 6.07) is 0.185. The number of hydrogen-bond acceptors (Lipinski definition) is 5. The lowest BCUT2D eigenvalue weighted by Gasteiger charge is -2.10. The number of aromatic nitrogens is 2. The Morgan fingerprint density at radius 1 is 1.53 bits per heavy atom. The largest absolute Gasteiger partial charge is 0.342 e. The summed E-state index contributed by atoms with van der Waals surface area (Å²) < 4.78 is 5.26. The van der Waals surface area contributed by atoms with Crippen molar-refractivity contribution in [2.75, 3.05) is 18.5 Å². The Labute approximate surface area is 89.6 Å². The van der Waals surface area contributed by atoms with Gasteiger partial charge in [0, 0.05) is 19.6 Å². The maximum Gasteiger partial charge on any atom is 0.265 e. The Morgan fingerprint density at radius 3 is 2.93 bits per heavy atom. The molecule has 84 valence electrons. The van der Waals surface area contributed by atoms with E-state index < -0.39 is 0 Å². The molecule has 15 heavy (non-hydrogen) atoms. The Hall–Kier alpha value is -1.10. The Balaban J connectivity index is 2.12. The maximum absolute atomic E-state index is 5.99. The molecule has 1 aliphatic carbocycles. The number of anilines is 1. The molecule has 1 aliphatic rings. The Kier molecular flexibility index (Phi) is 2.90. The van der Waals surface area contributed by atoms with Crippen LogP contribution in [0.2, 0.25) is 0 Å². The molecular formula is C10H18N4O. The summed E-state index contributed by atoms with van der Waals surface area (Å²) in [5.74, 6) is 1.62. The van der Waals surface area contributed by atoms with Gasteiger partial charge in [0.1, 0.15) is 0 Å². The molecular weight excluding hydrogens is 192 g/mol. The van der Waals surface area contributed by atoms with Crippen molar-refractivity contribution in [3.05, 3.63) is 5.89 Å². The molecule has 1 saturated carbocycles. The van der Waals surface area contributed by atoms with Gasteiger partial charge in [0.05, 0.1) is 5.92 Å². The zero-order valence-corrected chi connectivity index (χ0v) is 9.31. The zero-order chi connectivity index (χ0) is 10.8. The maximum atomic E-state index is 5.99. The fourth-order valence-corrected chi connectivity index (χ4v) is 1.97. The van der Waals surface area contributed by atoms with Crippen LogP contribution in [0, 0.1) is 0 Å². The second-order valence-corrected chi connectivity index (χ2v) is 4.15. The molecule has 0 aliphatic heterocycles. The molecule has 1 aromatic rings. The quantitative estimate of drug-likeness (QED) is 0.809. The first-order valence-corrected chi connectivity index (χ1v) is 5.52. The van der Waals surface area contributed by atoms with Gasteiger partial charge in [-0.1, -0.05) is 6.42 Å². The molecule has 0 bridgehead atoms. The van der Waals surface area contributed by atoms with E-state index in [4.69, 9.17) is 10.3 Å².